The highest BCUT2D eigenvalue weighted by Gasteiger charge is 2.14. The van der Waals surface area contributed by atoms with Crippen molar-refractivity contribution in [2.24, 2.45) is 0 Å². The van der Waals surface area contributed by atoms with Crippen LogP contribution in [0.1, 0.15) is 32.3 Å². The van der Waals surface area contributed by atoms with Gasteiger partial charge in [0.25, 0.3) is 0 Å². The molecule has 28 heavy (non-hydrogen) atoms. The van der Waals surface area contributed by atoms with E-state index in [1.807, 2.05) is 0 Å². The Kier molecular flexibility index (Phi) is 10.0. The quantitative estimate of drug-likeness (QED) is 0.244. The smallest absolute Gasteiger partial charge is 0.330 e. The molecule has 0 amide bonds. The molecule has 0 aliphatic rings. The maximum atomic E-state index is 11.7. The van der Waals surface area contributed by atoms with Crippen molar-refractivity contribution in [1.29, 1.82) is 0 Å². The van der Waals surface area contributed by atoms with E-state index in [4.69, 9.17) is 18.9 Å². The molecule has 0 fully saturated rings. The minimum absolute atomic E-state index is 0.0860. The maximum absolute atomic E-state index is 11.7. The summed E-state index contributed by atoms with van der Waals surface area (Å²) in [5, 5.41) is 0. The molecule has 0 saturated heterocycles. The fourth-order valence-corrected chi connectivity index (χ4v) is 2.02. The van der Waals surface area contributed by atoms with E-state index in [1.54, 1.807) is 31.2 Å². The van der Waals surface area contributed by atoms with Crippen LogP contribution in [0.4, 0.5) is 0 Å². The molecule has 1 unspecified atom stereocenters. The Morgan fingerprint density at radius 1 is 1.04 bits per heavy atom. The van der Waals surface area contributed by atoms with E-state index in [1.165, 1.54) is 6.92 Å². The molecular formula is C20H24O8. The van der Waals surface area contributed by atoms with Crippen molar-refractivity contribution in [1.82, 2.24) is 0 Å². The van der Waals surface area contributed by atoms with Crippen LogP contribution < -0.4 is 4.74 Å². The molecule has 152 valence electrons. The van der Waals surface area contributed by atoms with E-state index in [0.29, 0.717) is 12.2 Å². The minimum atomic E-state index is -0.623. The second kappa shape index (κ2) is 12.3. The summed E-state index contributed by atoms with van der Waals surface area (Å²) in [6, 6.07) is 6.85. The zero-order valence-electron chi connectivity index (χ0n) is 16.0. The van der Waals surface area contributed by atoms with Crippen LogP contribution in [0, 0.1) is 0 Å². The molecule has 0 aliphatic heterocycles. The van der Waals surface area contributed by atoms with Gasteiger partial charge in [0.2, 0.25) is 0 Å². The molecule has 0 N–H and O–H groups in total. The normalized spacial score (nSPS) is 11.1. The van der Waals surface area contributed by atoms with Crippen LogP contribution in [-0.4, -0.2) is 43.2 Å². The number of esters is 4. The van der Waals surface area contributed by atoms with Gasteiger partial charge in [0.1, 0.15) is 18.5 Å². The summed E-state index contributed by atoms with van der Waals surface area (Å²) in [7, 11) is 0. The van der Waals surface area contributed by atoms with Crippen LogP contribution in [0.2, 0.25) is 0 Å². The van der Waals surface area contributed by atoms with Gasteiger partial charge in [-0.05, 0) is 24.6 Å². The van der Waals surface area contributed by atoms with Crippen LogP contribution in [0.25, 0.3) is 0 Å². The number of benzene rings is 1. The lowest BCUT2D eigenvalue weighted by Crippen LogP contribution is -2.22. The molecule has 1 aromatic rings. The Hall–Kier alpha value is -3.16. The van der Waals surface area contributed by atoms with Crippen molar-refractivity contribution < 1.29 is 38.1 Å². The average Bonchev–Trinajstić information content (AvgIpc) is 2.65. The van der Waals surface area contributed by atoms with Gasteiger partial charge < -0.3 is 18.9 Å². The molecule has 0 aromatic heterocycles. The lowest BCUT2D eigenvalue weighted by atomic mass is 10.1. The van der Waals surface area contributed by atoms with Gasteiger partial charge in [0.05, 0.1) is 19.4 Å². The summed E-state index contributed by atoms with van der Waals surface area (Å²) < 4.78 is 19.8. The summed E-state index contributed by atoms with van der Waals surface area (Å²) in [5.74, 6) is -1.65. The molecule has 1 aromatic carbocycles. The Labute approximate surface area is 163 Å². The van der Waals surface area contributed by atoms with Gasteiger partial charge >= 0.3 is 23.9 Å². The largest absolute Gasteiger partial charge is 0.465 e. The molecule has 8 nitrogen and oxygen atoms in total. The number of carbonyl (C=O) groups is 4. The van der Waals surface area contributed by atoms with Crippen LogP contribution in [-0.2, 0) is 39.8 Å². The highest BCUT2D eigenvalue weighted by atomic mass is 16.6. The van der Waals surface area contributed by atoms with E-state index in [-0.39, 0.29) is 26.1 Å². The number of hydrogen-bond donors (Lipinski definition) is 0. The van der Waals surface area contributed by atoms with E-state index < -0.39 is 30.0 Å². The summed E-state index contributed by atoms with van der Waals surface area (Å²) in [6.07, 6.45) is 0.641. The second-order valence-electron chi connectivity index (χ2n) is 5.84. The minimum Gasteiger partial charge on any atom is -0.465 e. The van der Waals surface area contributed by atoms with E-state index in [0.717, 1.165) is 11.6 Å². The Morgan fingerprint density at radius 2 is 1.68 bits per heavy atom. The van der Waals surface area contributed by atoms with Gasteiger partial charge in [-0.3, -0.25) is 14.4 Å². The number of ether oxygens (including phenoxy) is 4. The number of rotatable bonds is 11. The molecule has 1 rings (SSSR count). The molecule has 0 spiro atoms. The Bertz CT molecular complexity index is 693. The molecule has 0 saturated carbocycles. The average molecular weight is 392 g/mol. The molecular weight excluding hydrogens is 368 g/mol. The predicted octanol–water partition coefficient (Wildman–Crippen LogP) is 2.14. The van der Waals surface area contributed by atoms with Gasteiger partial charge in [-0.2, -0.15) is 0 Å². The Balaban J connectivity index is 2.20. The fourth-order valence-electron chi connectivity index (χ4n) is 2.02. The summed E-state index contributed by atoms with van der Waals surface area (Å²) in [5.41, 5.74) is 0.908. The van der Waals surface area contributed by atoms with Crippen LogP contribution in [0.5, 0.6) is 5.75 Å². The zero-order valence-corrected chi connectivity index (χ0v) is 16.0. The van der Waals surface area contributed by atoms with Crippen molar-refractivity contribution in [3.05, 3.63) is 42.5 Å². The predicted molar refractivity (Wildman–Crippen MR) is 98.4 cm³/mol. The van der Waals surface area contributed by atoms with Crippen LogP contribution >= 0.6 is 0 Å². The first kappa shape index (κ1) is 22.9. The van der Waals surface area contributed by atoms with Gasteiger partial charge in [-0.25, -0.2) is 4.79 Å². The highest BCUT2D eigenvalue weighted by molar-refractivity contribution is 5.81. The topological polar surface area (TPSA) is 105 Å². The summed E-state index contributed by atoms with van der Waals surface area (Å²) in [6.45, 7) is 6.22. The maximum Gasteiger partial charge on any atom is 0.330 e. The third kappa shape index (κ3) is 10.1. The number of hydrogen-bond acceptors (Lipinski definition) is 8. The van der Waals surface area contributed by atoms with Crippen molar-refractivity contribution in [3.8, 4) is 5.75 Å². The SMILES string of the molecule is C=CC(=O)OCC(C)OC(=O)CCC(=O)OCCc1ccc(OC(C)=O)cc1. The summed E-state index contributed by atoms with van der Waals surface area (Å²) >= 11 is 0. The zero-order chi connectivity index (χ0) is 20.9. The second-order valence-corrected chi connectivity index (χ2v) is 5.84. The van der Waals surface area contributed by atoms with E-state index in [2.05, 4.69) is 6.58 Å². The highest BCUT2D eigenvalue weighted by Crippen LogP contribution is 2.13. The molecule has 0 radical (unpaired) electrons. The van der Waals surface area contributed by atoms with Gasteiger partial charge in [0.15, 0.2) is 0 Å². The lowest BCUT2D eigenvalue weighted by Gasteiger charge is -2.12. The van der Waals surface area contributed by atoms with Crippen molar-refractivity contribution >= 4 is 23.9 Å². The van der Waals surface area contributed by atoms with Gasteiger partial charge in [0, 0.05) is 19.4 Å². The first-order chi connectivity index (χ1) is 13.3. The van der Waals surface area contributed by atoms with Crippen molar-refractivity contribution in [2.45, 2.75) is 39.2 Å². The van der Waals surface area contributed by atoms with E-state index in [9.17, 15) is 19.2 Å². The first-order valence-corrected chi connectivity index (χ1v) is 8.71. The molecule has 1 atom stereocenters. The van der Waals surface area contributed by atoms with Crippen LogP contribution in [0.15, 0.2) is 36.9 Å². The molecule has 0 bridgehead atoms. The third-order valence-corrected chi connectivity index (χ3v) is 3.33. The van der Waals surface area contributed by atoms with E-state index >= 15 is 0 Å². The Morgan fingerprint density at radius 3 is 2.29 bits per heavy atom. The van der Waals surface area contributed by atoms with Gasteiger partial charge in [-0.1, -0.05) is 18.7 Å². The molecule has 0 heterocycles. The first-order valence-electron chi connectivity index (χ1n) is 8.71. The van der Waals surface area contributed by atoms with Crippen molar-refractivity contribution in [2.75, 3.05) is 13.2 Å². The van der Waals surface area contributed by atoms with Gasteiger partial charge in [-0.15, -0.1) is 0 Å². The monoisotopic (exact) mass is 392 g/mol. The summed E-state index contributed by atoms with van der Waals surface area (Å²) in [4.78, 5) is 45.1. The van der Waals surface area contributed by atoms with Crippen molar-refractivity contribution in [3.63, 3.8) is 0 Å². The molecule has 8 heteroatoms. The van der Waals surface area contributed by atoms with Crippen LogP contribution in [0.3, 0.4) is 0 Å². The number of carbonyl (C=O) groups excluding carboxylic acids is 4. The lowest BCUT2D eigenvalue weighted by molar-refractivity contribution is -0.157. The molecule has 0 aliphatic carbocycles. The fraction of sp³-hybridized carbons (Fsp3) is 0.400. The standard InChI is InChI=1S/C20H24O8/c1-4-18(22)26-13-14(2)27-20(24)10-9-19(23)25-12-11-16-5-7-17(8-6-16)28-15(3)21/h4-8,14H,1,9-13H2,2-3H3. The third-order valence-electron chi connectivity index (χ3n) is 3.33.